The maximum absolute atomic E-state index is 15.4. The van der Waals surface area contributed by atoms with Crippen LogP contribution in [0.1, 0.15) is 24.9 Å². The molecule has 3 N–H and O–H groups in total. The number of carbonyl (C=O) groups is 2. The van der Waals surface area contributed by atoms with Crippen molar-refractivity contribution in [1.82, 2.24) is 29.9 Å². The number of nitrogens with one attached hydrogen (secondary N) is 3. The van der Waals surface area contributed by atoms with E-state index in [9.17, 15) is 27.2 Å². The number of fused-ring (bicyclic) bond motifs is 2. The standard InChI is InChI=1S/C21H15ClF5N7O2/c1-7(30-20(36)21(25,26)27)14-17(24)16(22)15(9-3-29-33-18(9)14)11-5-34-6-12(31-13(34)4-28-11)32-19(35)8-2-10(8)23/h3-8,10H,2H2,1H3,(H,29,33)(H,30,36)(H,32,35)/t7?,8-,10+/m1/s1. The van der Waals surface area contributed by atoms with Crippen LogP contribution in [0, 0.1) is 11.7 Å². The van der Waals surface area contributed by atoms with E-state index in [0.717, 1.165) is 0 Å². The Balaban J connectivity index is 1.53. The van der Waals surface area contributed by atoms with Crippen molar-refractivity contribution in [3.8, 4) is 11.3 Å². The van der Waals surface area contributed by atoms with Crippen molar-refractivity contribution in [2.24, 2.45) is 5.92 Å². The van der Waals surface area contributed by atoms with E-state index in [-0.39, 0.29) is 40.0 Å². The van der Waals surface area contributed by atoms with Gasteiger partial charge in [0, 0.05) is 22.7 Å². The fraction of sp³-hybridized carbons (Fsp3) is 0.286. The van der Waals surface area contributed by atoms with Crippen LogP contribution in [-0.4, -0.2) is 48.7 Å². The van der Waals surface area contributed by atoms with Crippen LogP contribution in [0.4, 0.5) is 27.8 Å². The lowest BCUT2D eigenvalue weighted by Crippen LogP contribution is -2.38. The van der Waals surface area contributed by atoms with Crippen LogP contribution < -0.4 is 10.6 Å². The van der Waals surface area contributed by atoms with Gasteiger partial charge < -0.3 is 15.0 Å². The summed E-state index contributed by atoms with van der Waals surface area (Å²) >= 11 is 6.31. The summed E-state index contributed by atoms with van der Waals surface area (Å²) in [5.74, 6) is -4.34. The molecule has 3 heterocycles. The molecule has 1 fully saturated rings. The molecule has 0 radical (unpaired) electrons. The molecule has 2 amide bonds. The predicted molar refractivity (Wildman–Crippen MR) is 117 cm³/mol. The Labute approximate surface area is 203 Å². The summed E-state index contributed by atoms with van der Waals surface area (Å²) in [5, 5.41) is 10.4. The number of anilines is 1. The Bertz CT molecular complexity index is 1530. The number of benzene rings is 1. The fourth-order valence-electron chi connectivity index (χ4n) is 3.89. The fourth-order valence-corrected chi connectivity index (χ4v) is 4.19. The van der Waals surface area contributed by atoms with Gasteiger partial charge in [0.05, 0.1) is 46.8 Å². The summed E-state index contributed by atoms with van der Waals surface area (Å²) in [4.78, 5) is 31.8. The van der Waals surface area contributed by atoms with E-state index in [1.165, 1.54) is 36.1 Å². The quantitative estimate of drug-likeness (QED) is 0.338. The molecule has 3 atom stereocenters. The first kappa shape index (κ1) is 23.9. The van der Waals surface area contributed by atoms with Gasteiger partial charge in [-0.25, -0.2) is 13.8 Å². The van der Waals surface area contributed by atoms with Gasteiger partial charge in [-0.3, -0.25) is 19.7 Å². The minimum Gasteiger partial charge on any atom is -0.342 e. The summed E-state index contributed by atoms with van der Waals surface area (Å²) in [6.45, 7) is 1.18. The van der Waals surface area contributed by atoms with Gasteiger partial charge >= 0.3 is 12.1 Å². The van der Waals surface area contributed by atoms with Crippen LogP contribution >= 0.6 is 11.6 Å². The Morgan fingerprint density at radius 2 is 2.00 bits per heavy atom. The van der Waals surface area contributed by atoms with Crippen LogP contribution in [-0.2, 0) is 9.59 Å². The molecule has 0 saturated heterocycles. The van der Waals surface area contributed by atoms with Crippen molar-refractivity contribution in [2.45, 2.75) is 31.7 Å². The zero-order chi connectivity index (χ0) is 25.9. The number of aromatic nitrogens is 5. The van der Waals surface area contributed by atoms with Crippen molar-refractivity contribution < 1.29 is 31.5 Å². The third kappa shape index (κ3) is 4.10. The molecule has 4 aromatic rings. The Kier molecular flexibility index (Phi) is 5.58. The number of hydrogen-bond acceptors (Lipinski definition) is 5. The van der Waals surface area contributed by atoms with Crippen molar-refractivity contribution in [3.05, 3.63) is 41.2 Å². The summed E-state index contributed by atoms with van der Waals surface area (Å²) in [5.41, 5.74) is 0.288. The van der Waals surface area contributed by atoms with Crippen molar-refractivity contribution in [3.63, 3.8) is 0 Å². The molecule has 15 heteroatoms. The molecular weight excluding hydrogens is 513 g/mol. The second-order valence-electron chi connectivity index (χ2n) is 8.28. The lowest BCUT2D eigenvalue weighted by Gasteiger charge is -2.19. The third-order valence-electron chi connectivity index (χ3n) is 5.76. The van der Waals surface area contributed by atoms with Crippen LogP contribution in [0.15, 0.2) is 24.8 Å². The zero-order valence-electron chi connectivity index (χ0n) is 18.1. The molecule has 3 aromatic heterocycles. The van der Waals surface area contributed by atoms with E-state index in [0.29, 0.717) is 5.65 Å². The average molecular weight is 528 g/mol. The first-order valence-electron chi connectivity index (χ1n) is 10.5. The van der Waals surface area contributed by atoms with Crippen molar-refractivity contribution in [2.75, 3.05) is 5.32 Å². The highest BCUT2D eigenvalue weighted by atomic mass is 35.5. The van der Waals surface area contributed by atoms with Crippen LogP contribution in [0.5, 0.6) is 0 Å². The molecule has 1 aromatic carbocycles. The minimum atomic E-state index is -5.16. The maximum Gasteiger partial charge on any atom is 0.471 e. The Morgan fingerprint density at radius 1 is 1.28 bits per heavy atom. The number of hydrogen-bond donors (Lipinski definition) is 3. The van der Waals surface area contributed by atoms with Gasteiger partial charge in [-0.1, -0.05) is 11.6 Å². The molecule has 0 spiro atoms. The van der Waals surface area contributed by atoms with Gasteiger partial charge in [-0.2, -0.15) is 18.3 Å². The summed E-state index contributed by atoms with van der Waals surface area (Å²) in [6, 6.07) is -1.40. The van der Waals surface area contributed by atoms with Gasteiger partial charge in [0.1, 0.15) is 12.0 Å². The van der Waals surface area contributed by atoms with Gasteiger partial charge in [0.15, 0.2) is 11.5 Å². The number of aromatic amines is 1. The number of imidazole rings is 1. The normalized spacial score (nSPS) is 18.4. The van der Waals surface area contributed by atoms with E-state index in [4.69, 9.17) is 11.6 Å². The topological polar surface area (TPSA) is 117 Å². The number of alkyl halides is 4. The predicted octanol–water partition coefficient (Wildman–Crippen LogP) is 4.10. The van der Waals surface area contributed by atoms with Gasteiger partial charge in [0.25, 0.3) is 0 Å². The van der Waals surface area contributed by atoms with Gasteiger partial charge in [-0.15, -0.1) is 0 Å². The minimum absolute atomic E-state index is 0.0209. The van der Waals surface area contributed by atoms with Crippen molar-refractivity contribution in [1.29, 1.82) is 0 Å². The number of amides is 2. The average Bonchev–Trinajstić information content (AvgIpc) is 3.16. The molecule has 1 aliphatic rings. The van der Waals surface area contributed by atoms with E-state index < -0.39 is 47.0 Å². The second-order valence-corrected chi connectivity index (χ2v) is 8.66. The van der Waals surface area contributed by atoms with E-state index >= 15 is 4.39 Å². The smallest absolute Gasteiger partial charge is 0.342 e. The number of carbonyl (C=O) groups excluding carboxylic acids is 2. The highest BCUT2D eigenvalue weighted by Gasteiger charge is 2.44. The first-order chi connectivity index (χ1) is 17.0. The number of H-pyrrole nitrogens is 1. The molecule has 9 nitrogen and oxygen atoms in total. The van der Waals surface area contributed by atoms with Crippen molar-refractivity contribution >= 4 is 45.8 Å². The summed E-state index contributed by atoms with van der Waals surface area (Å²) in [7, 11) is 0. The van der Waals surface area contributed by atoms with Crippen LogP contribution in [0.2, 0.25) is 5.02 Å². The van der Waals surface area contributed by atoms with Gasteiger partial charge in [0.2, 0.25) is 5.91 Å². The Morgan fingerprint density at radius 3 is 2.67 bits per heavy atom. The highest BCUT2D eigenvalue weighted by Crippen LogP contribution is 2.40. The SMILES string of the molecule is CC(NC(=O)C(F)(F)F)c1c(F)c(Cl)c(-c2cn3cc(NC(=O)[C@@H]4C[C@@H]4F)nc3cn2)c2cn[nH]c12. The molecule has 1 saturated carbocycles. The summed E-state index contributed by atoms with van der Waals surface area (Å²) < 4.78 is 68.1. The molecule has 1 unspecified atom stereocenters. The van der Waals surface area contributed by atoms with E-state index in [2.05, 4.69) is 25.5 Å². The molecule has 36 heavy (non-hydrogen) atoms. The van der Waals surface area contributed by atoms with E-state index in [1.807, 2.05) is 0 Å². The molecular formula is C21H15ClF5N7O2. The molecule has 1 aliphatic carbocycles. The molecule has 0 aliphatic heterocycles. The van der Waals surface area contributed by atoms with Crippen LogP contribution in [0.3, 0.4) is 0 Å². The second kappa shape index (κ2) is 8.40. The number of halogens is 6. The Hall–Kier alpha value is -3.81. The van der Waals surface area contributed by atoms with Gasteiger partial charge in [-0.05, 0) is 13.3 Å². The highest BCUT2D eigenvalue weighted by molar-refractivity contribution is 6.35. The molecule has 0 bridgehead atoms. The number of rotatable bonds is 5. The molecule has 188 valence electrons. The lowest BCUT2D eigenvalue weighted by molar-refractivity contribution is -0.174. The lowest BCUT2D eigenvalue weighted by atomic mass is 9.98. The first-order valence-corrected chi connectivity index (χ1v) is 10.8. The molecule has 5 rings (SSSR count). The monoisotopic (exact) mass is 527 g/mol. The van der Waals surface area contributed by atoms with E-state index in [1.54, 1.807) is 5.32 Å². The largest absolute Gasteiger partial charge is 0.471 e. The maximum atomic E-state index is 15.4. The third-order valence-corrected chi connectivity index (χ3v) is 6.12. The number of nitrogens with zero attached hydrogens (tertiary/aromatic N) is 4. The van der Waals surface area contributed by atoms with Crippen LogP contribution in [0.25, 0.3) is 27.8 Å². The zero-order valence-corrected chi connectivity index (χ0v) is 18.9. The summed E-state index contributed by atoms with van der Waals surface area (Å²) in [6.07, 6.45) is -0.632.